The molecule has 1 aliphatic carbocycles. The minimum absolute atomic E-state index is 0.585. The Morgan fingerprint density at radius 1 is 0.443 bits per heavy atom. The lowest BCUT2D eigenvalue weighted by atomic mass is 9.80. The van der Waals surface area contributed by atoms with E-state index in [-0.39, 0.29) is 0 Å². The number of para-hydroxylation sites is 2. The van der Waals surface area contributed by atoms with Crippen LogP contribution in [0.4, 0.5) is 17.1 Å². The lowest BCUT2D eigenvalue weighted by Gasteiger charge is -2.29. The number of rotatable bonds is 7. The van der Waals surface area contributed by atoms with Crippen LogP contribution < -0.4 is 4.90 Å². The summed E-state index contributed by atoms with van der Waals surface area (Å²) in [6, 6.07) is 71.5. The summed E-state index contributed by atoms with van der Waals surface area (Å²) >= 11 is 1.88. The van der Waals surface area contributed by atoms with Crippen molar-refractivity contribution in [1.82, 2.24) is 0 Å². The minimum Gasteiger partial charge on any atom is -0.456 e. The Balaban J connectivity index is 1.03. The SMILES string of the molecule is c1cc(-c2cccc3c2sc2ccccc23)cc(N(c2ccc(-c3ccc4c(c3)oc3ccccc34)cc2)c2ccccc2-c2cccc3cccc(C4CCCCC4)c23)c1. The van der Waals surface area contributed by atoms with Gasteiger partial charge in [0.2, 0.25) is 0 Å². The molecular formula is C58H43NOS. The van der Waals surface area contributed by atoms with Crippen molar-refractivity contribution in [3.63, 3.8) is 0 Å². The Labute approximate surface area is 360 Å². The highest BCUT2D eigenvalue weighted by atomic mass is 32.1. The lowest BCUT2D eigenvalue weighted by Crippen LogP contribution is -2.11. The molecule has 0 aliphatic heterocycles. The Morgan fingerprint density at radius 2 is 1.13 bits per heavy atom. The molecule has 11 aromatic rings. The summed E-state index contributed by atoms with van der Waals surface area (Å²) in [6.45, 7) is 0. The molecule has 61 heavy (non-hydrogen) atoms. The molecule has 0 atom stereocenters. The number of nitrogens with zero attached hydrogens (tertiary/aromatic N) is 1. The normalized spacial score (nSPS) is 13.5. The van der Waals surface area contributed by atoms with Crippen molar-refractivity contribution in [2.24, 2.45) is 0 Å². The number of hydrogen-bond acceptors (Lipinski definition) is 3. The monoisotopic (exact) mass is 801 g/mol. The van der Waals surface area contributed by atoms with E-state index in [0.29, 0.717) is 5.92 Å². The number of hydrogen-bond donors (Lipinski definition) is 0. The third-order valence-electron chi connectivity index (χ3n) is 13.1. The van der Waals surface area contributed by atoms with Gasteiger partial charge in [-0.15, -0.1) is 11.3 Å². The maximum atomic E-state index is 6.31. The maximum Gasteiger partial charge on any atom is 0.136 e. The van der Waals surface area contributed by atoms with Crippen LogP contribution in [0.2, 0.25) is 0 Å². The molecule has 0 radical (unpaired) electrons. The summed E-state index contributed by atoms with van der Waals surface area (Å²) in [6.07, 6.45) is 6.48. The quantitative estimate of drug-likeness (QED) is 0.160. The second-order valence-electron chi connectivity index (χ2n) is 16.6. The first-order chi connectivity index (χ1) is 30.2. The van der Waals surface area contributed by atoms with Crippen molar-refractivity contribution >= 4 is 81.3 Å². The molecule has 9 aromatic carbocycles. The van der Waals surface area contributed by atoms with Crippen molar-refractivity contribution in [2.75, 3.05) is 4.90 Å². The highest BCUT2D eigenvalue weighted by Crippen LogP contribution is 2.47. The van der Waals surface area contributed by atoms with Crippen LogP contribution in [0.1, 0.15) is 43.6 Å². The van der Waals surface area contributed by atoms with Gasteiger partial charge in [-0.25, -0.2) is 0 Å². The van der Waals surface area contributed by atoms with Gasteiger partial charge in [0, 0.05) is 47.9 Å². The molecule has 292 valence electrons. The van der Waals surface area contributed by atoms with Gasteiger partial charge in [0.05, 0.1) is 5.69 Å². The zero-order chi connectivity index (χ0) is 40.3. The second kappa shape index (κ2) is 15.0. The smallest absolute Gasteiger partial charge is 0.136 e. The number of benzene rings is 9. The molecule has 0 amide bonds. The highest BCUT2D eigenvalue weighted by molar-refractivity contribution is 7.26. The standard InChI is InChI=1S/C58H43NOS/c1-2-14-39(15-3-1)45-23-11-16-40-17-12-25-51(57(40)45)47-20-4-7-27-53(47)59(43-33-30-38(31-34-43)41-32-35-49-48-21-5-8-28-54(48)60-55(49)37-41)44-19-10-18-42(36-44)46-24-13-26-52-50-22-6-9-29-56(50)61-58(46)52/h4-13,16-37,39H,1-3,14-15H2. The van der Waals surface area contributed by atoms with E-state index in [4.69, 9.17) is 4.42 Å². The number of fused-ring (bicyclic) bond motifs is 7. The van der Waals surface area contributed by atoms with Gasteiger partial charge in [-0.3, -0.25) is 0 Å². The van der Waals surface area contributed by atoms with Crippen LogP contribution in [-0.4, -0.2) is 0 Å². The van der Waals surface area contributed by atoms with Crippen molar-refractivity contribution in [1.29, 1.82) is 0 Å². The van der Waals surface area contributed by atoms with Gasteiger partial charge >= 0.3 is 0 Å². The van der Waals surface area contributed by atoms with E-state index < -0.39 is 0 Å². The highest BCUT2D eigenvalue weighted by Gasteiger charge is 2.23. The molecule has 0 spiro atoms. The van der Waals surface area contributed by atoms with Crippen LogP contribution in [0.5, 0.6) is 0 Å². The predicted octanol–water partition coefficient (Wildman–Crippen LogP) is 17.6. The van der Waals surface area contributed by atoms with E-state index in [1.807, 2.05) is 23.5 Å². The fourth-order valence-electron chi connectivity index (χ4n) is 10.2. The summed E-state index contributed by atoms with van der Waals surface area (Å²) in [5, 5.41) is 7.63. The molecule has 1 saturated carbocycles. The van der Waals surface area contributed by atoms with Crippen molar-refractivity contribution < 1.29 is 4.42 Å². The molecule has 0 saturated heterocycles. The third-order valence-corrected chi connectivity index (χ3v) is 14.3. The van der Waals surface area contributed by atoms with Crippen LogP contribution in [0.25, 0.3) is 86.3 Å². The third kappa shape index (κ3) is 6.23. The Hall–Kier alpha value is -6.94. The van der Waals surface area contributed by atoms with Gasteiger partial charge in [0.1, 0.15) is 11.2 Å². The van der Waals surface area contributed by atoms with Gasteiger partial charge in [-0.2, -0.15) is 0 Å². The van der Waals surface area contributed by atoms with Gasteiger partial charge in [-0.05, 0) is 118 Å². The van der Waals surface area contributed by atoms with Crippen LogP contribution >= 0.6 is 11.3 Å². The Bertz CT molecular complexity index is 3410. The molecular weight excluding hydrogens is 759 g/mol. The lowest BCUT2D eigenvalue weighted by molar-refractivity contribution is 0.445. The van der Waals surface area contributed by atoms with Gasteiger partial charge in [0.25, 0.3) is 0 Å². The van der Waals surface area contributed by atoms with E-state index in [2.05, 4.69) is 187 Å². The summed E-state index contributed by atoms with van der Waals surface area (Å²) in [5.74, 6) is 0.585. The van der Waals surface area contributed by atoms with Crippen LogP contribution in [-0.2, 0) is 0 Å². The van der Waals surface area contributed by atoms with E-state index in [0.717, 1.165) is 50.1 Å². The van der Waals surface area contributed by atoms with E-state index in [1.165, 1.54) is 90.9 Å². The summed E-state index contributed by atoms with van der Waals surface area (Å²) in [4.78, 5) is 2.47. The average molecular weight is 802 g/mol. The fourth-order valence-corrected chi connectivity index (χ4v) is 11.4. The fraction of sp³-hybridized carbons (Fsp3) is 0.103. The van der Waals surface area contributed by atoms with E-state index >= 15 is 0 Å². The molecule has 1 fully saturated rings. The van der Waals surface area contributed by atoms with Gasteiger partial charge in [-0.1, -0.05) is 159 Å². The molecule has 12 rings (SSSR count). The van der Waals surface area contributed by atoms with Crippen LogP contribution in [0.3, 0.4) is 0 Å². The Kier molecular flexibility index (Phi) is 8.82. The van der Waals surface area contributed by atoms with Crippen LogP contribution in [0, 0.1) is 0 Å². The van der Waals surface area contributed by atoms with Gasteiger partial charge < -0.3 is 9.32 Å². The molecule has 2 heterocycles. The predicted molar refractivity (Wildman–Crippen MR) is 261 cm³/mol. The second-order valence-corrected chi connectivity index (χ2v) is 17.7. The van der Waals surface area contributed by atoms with Crippen molar-refractivity contribution in [3.05, 3.63) is 200 Å². The van der Waals surface area contributed by atoms with Gasteiger partial charge in [0.15, 0.2) is 0 Å². The molecule has 2 aromatic heterocycles. The number of thiophene rings is 1. The number of furan rings is 1. The summed E-state index contributed by atoms with van der Waals surface area (Å²) < 4.78 is 8.95. The zero-order valence-electron chi connectivity index (χ0n) is 33.9. The number of anilines is 3. The topological polar surface area (TPSA) is 16.4 Å². The van der Waals surface area contributed by atoms with E-state index in [1.54, 1.807) is 0 Å². The first-order valence-corrected chi connectivity index (χ1v) is 22.5. The average Bonchev–Trinajstić information content (AvgIpc) is 3.90. The summed E-state index contributed by atoms with van der Waals surface area (Å²) in [7, 11) is 0. The molecule has 2 nitrogen and oxygen atoms in total. The van der Waals surface area contributed by atoms with Crippen LogP contribution in [0.15, 0.2) is 199 Å². The first-order valence-electron chi connectivity index (χ1n) is 21.7. The Morgan fingerprint density at radius 3 is 2.03 bits per heavy atom. The zero-order valence-corrected chi connectivity index (χ0v) is 34.7. The first kappa shape index (κ1) is 36.0. The maximum absolute atomic E-state index is 6.31. The molecule has 0 bridgehead atoms. The molecule has 3 heteroatoms. The summed E-state index contributed by atoms with van der Waals surface area (Å²) in [5.41, 5.74) is 14.0. The molecule has 0 N–H and O–H groups in total. The molecule has 1 aliphatic rings. The minimum atomic E-state index is 0.585. The van der Waals surface area contributed by atoms with Crippen molar-refractivity contribution in [3.8, 4) is 33.4 Å². The molecule has 0 unspecified atom stereocenters. The largest absolute Gasteiger partial charge is 0.456 e. The van der Waals surface area contributed by atoms with E-state index in [9.17, 15) is 0 Å². The van der Waals surface area contributed by atoms with Crippen molar-refractivity contribution in [2.45, 2.75) is 38.0 Å².